The second kappa shape index (κ2) is 10.4. The average Bonchev–Trinajstić information content (AvgIpc) is 3.17. The number of aliphatic imine (C=N–C) groups is 1. The third-order valence-electron chi connectivity index (χ3n) is 5.92. The molecule has 0 amide bonds. The highest BCUT2D eigenvalue weighted by Crippen LogP contribution is 2.32. The van der Waals surface area contributed by atoms with E-state index < -0.39 is 11.5 Å². The number of esters is 1. The summed E-state index contributed by atoms with van der Waals surface area (Å²) in [7, 11) is 3.84. The number of ether oxygens (including phenoxy) is 1. The van der Waals surface area contributed by atoms with Crippen LogP contribution in [0.4, 0.5) is 5.69 Å². The molecule has 4 rings (SSSR count). The van der Waals surface area contributed by atoms with E-state index in [9.17, 15) is 9.90 Å². The molecule has 4 N–H and O–H groups in total. The van der Waals surface area contributed by atoms with Crippen LogP contribution in [0.25, 0.3) is 10.9 Å². The Morgan fingerprint density at radius 3 is 2.36 bits per heavy atom. The van der Waals surface area contributed by atoms with Gasteiger partial charge in [0.15, 0.2) is 5.88 Å². The van der Waals surface area contributed by atoms with E-state index >= 15 is 0 Å². The molecule has 0 aliphatic heterocycles. The van der Waals surface area contributed by atoms with Gasteiger partial charge in [0.05, 0.1) is 22.5 Å². The third kappa shape index (κ3) is 5.64. The van der Waals surface area contributed by atoms with Crippen LogP contribution < -0.4 is 5.73 Å². The maximum absolute atomic E-state index is 12.5. The van der Waals surface area contributed by atoms with Crippen molar-refractivity contribution in [1.29, 1.82) is 0 Å². The third-order valence-corrected chi connectivity index (χ3v) is 5.92. The monoisotopic (exact) mass is 484 g/mol. The molecule has 1 aromatic heterocycles. The lowest BCUT2D eigenvalue weighted by Gasteiger charge is -2.19. The molecule has 0 spiro atoms. The van der Waals surface area contributed by atoms with Crippen molar-refractivity contribution in [3.63, 3.8) is 0 Å². The smallest absolute Gasteiger partial charge is 0.338 e. The summed E-state index contributed by atoms with van der Waals surface area (Å²) in [4.78, 5) is 22.4. The summed E-state index contributed by atoms with van der Waals surface area (Å²) in [6.07, 6.45) is 0. The molecule has 186 valence electrons. The Bertz CT molecular complexity index is 1380. The highest BCUT2D eigenvalue weighted by atomic mass is 16.5. The van der Waals surface area contributed by atoms with Crippen molar-refractivity contribution >= 4 is 28.3 Å². The Kier molecular flexibility index (Phi) is 7.24. The standard InChI is InChI=1S/C29H32N4O3/c1-29(2,30)21-11-13-22(14-12-21)31-26(19-8-6-5-7-9-19)25-23-15-10-20(18-24(23)32-27(25)34)28(35)36-17-16-33(3)4/h5-15,18,32,34H,16-17,30H2,1-4H3. The van der Waals surface area contributed by atoms with E-state index in [0.717, 1.165) is 22.2 Å². The summed E-state index contributed by atoms with van der Waals surface area (Å²) in [5.74, 6) is -0.431. The van der Waals surface area contributed by atoms with Crippen molar-refractivity contribution in [1.82, 2.24) is 9.88 Å². The van der Waals surface area contributed by atoms with Crippen LogP contribution in [0.2, 0.25) is 0 Å². The minimum atomic E-state index is -0.453. The molecular weight excluding hydrogens is 452 g/mol. The van der Waals surface area contributed by atoms with Crippen LogP contribution in [0.3, 0.4) is 0 Å². The average molecular weight is 485 g/mol. The van der Waals surface area contributed by atoms with Crippen molar-refractivity contribution in [2.45, 2.75) is 19.4 Å². The molecule has 36 heavy (non-hydrogen) atoms. The van der Waals surface area contributed by atoms with Crippen LogP contribution in [0.5, 0.6) is 5.88 Å². The van der Waals surface area contributed by atoms with Gasteiger partial charge >= 0.3 is 5.97 Å². The van der Waals surface area contributed by atoms with Gasteiger partial charge in [0.2, 0.25) is 0 Å². The first-order chi connectivity index (χ1) is 17.1. The number of aromatic hydroxyl groups is 1. The van der Waals surface area contributed by atoms with E-state index in [-0.39, 0.29) is 5.88 Å². The molecule has 0 aliphatic rings. The van der Waals surface area contributed by atoms with E-state index in [1.807, 2.05) is 93.5 Å². The summed E-state index contributed by atoms with van der Waals surface area (Å²) in [5.41, 5.74) is 10.6. The Labute approximate surface area is 211 Å². The molecule has 0 aliphatic carbocycles. The molecule has 0 atom stereocenters. The van der Waals surface area contributed by atoms with Crippen molar-refractivity contribution in [2.24, 2.45) is 10.7 Å². The number of rotatable bonds is 8. The molecule has 0 fully saturated rings. The predicted molar refractivity (Wildman–Crippen MR) is 144 cm³/mol. The number of hydrogen-bond acceptors (Lipinski definition) is 6. The summed E-state index contributed by atoms with van der Waals surface area (Å²) in [6, 6.07) is 22.7. The summed E-state index contributed by atoms with van der Waals surface area (Å²) >= 11 is 0. The summed E-state index contributed by atoms with van der Waals surface area (Å²) in [6.45, 7) is 4.85. The minimum absolute atomic E-state index is 0.0227. The van der Waals surface area contributed by atoms with Crippen LogP contribution in [0, 0.1) is 0 Å². The van der Waals surface area contributed by atoms with Crippen molar-refractivity contribution in [2.75, 3.05) is 27.2 Å². The normalized spacial score (nSPS) is 12.3. The van der Waals surface area contributed by atoms with E-state index in [4.69, 9.17) is 15.5 Å². The molecule has 4 aromatic rings. The lowest BCUT2D eigenvalue weighted by atomic mass is 9.95. The van der Waals surface area contributed by atoms with Crippen LogP contribution >= 0.6 is 0 Å². The van der Waals surface area contributed by atoms with Gasteiger partial charge in [-0.15, -0.1) is 0 Å². The Morgan fingerprint density at radius 1 is 1.03 bits per heavy atom. The van der Waals surface area contributed by atoms with Crippen molar-refractivity contribution < 1.29 is 14.6 Å². The Morgan fingerprint density at radius 2 is 1.72 bits per heavy atom. The number of hydrogen-bond donors (Lipinski definition) is 3. The van der Waals surface area contributed by atoms with Gasteiger partial charge in [0.1, 0.15) is 6.61 Å². The van der Waals surface area contributed by atoms with Gasteiger partial charge < -0.3 is 25.5 Å². The second-order valence-corrected chi connectivity index (χ2v) is 9.64. The predicted octanol–water partition coefficient (Wildman–Crippen LogP) is 4.95. The number of carbonyl (C=O) groups excluding carboxylic acids is 1. The molecule has 1 heterocycles. The zero-order valence-corrected chi connectivity index (χ0v) is 21.1. The van der Waals surface area contributed by atoms with Crippen LogP contribution in [-0.4, -0.2) is 53.9 Å². The van der Waals surface area contributed by atoms with Crippen LogP contribution in [0.1, 0.15) is 40.9 Å². The molecular formula is C29H32N4O3. The molecule has 0 saturated carbocycles. The Hall–Kier alpha value is -3.94. The van der Waals surface area contributed by atoms with E-state index in [0.29, 0.717) is 35.5 Å². The quantitative estimate of drug-likeness (QED) is 0.242. The van der Waals surface area contributed by atoms with Gasteiger partial charge in [0.25, 0.3) is 0 Å². The van der Waals surface area contributed by atoms with Gasteiger partial charge in [-0.1, -0.05) is 48.5 Å². The molecule has 3 aromatic carbocycles. The largest absolute Gasteiger partial charge is 0.494 e. The lowest BCUT2D eigenvalue weighted by Crippen LogP contribution is -2.28. The number of H-pyrrole nitrogens is 1. The number of nitrogens with one attached hydrogen (secondary N) is 1. The first-order valence-electron chi connectivity index (χ1n) is 11.8. The molecule has 0 radical (unpaired) electrons. The minimum Gasteiger partial charge on any atom is -0.494 e. The maximum atomic E-state index is 12.5. The highest BCUT2D eigenvalue weighted by Gasteiger charge is 2.20. The van der Waals surface area contributed by atoms with Crippen LogP contribution in [-0.2, 0) is 10.3 Å². The number of fused-ring (bicyclic) bond motifs is 1. The number of aromatic nitrogens is 1. The fourth-order valence-electron chi connectivity index (χ4n) is 3.91. The molecule has 0 saturated heterocycles. The number of nitrogens with zero attached hydrogens (tertiary/aromatic N) is 2. The summed E-state index contributed by atoms with van der Waals surface area (Å²) in [5, 5.41) is 11.7. The zero-order chi connectivity index (χ0) is 25.9. The second-order valence-electron chi connectivity index (χ2n) is 9.64. The number of nitrogens with two attached hydrogens (primary N) is 1. The van der Waals surface area contributed by atoms with Crippen molar-refractivity contribution in [3.05, 3.63) is 95.1 Å². The number of aromatic amines is 1. The first kappa shape index (κ1) is 25.2. The first-order valence-corrected chi connectivity index (χ1v) is 11.8. The molecule has 7 heteroatoms. The van der Waals surface area contributed by atoms with Crippen molar-refractivity contribution in [3.8, 4) is 5.88 Å². The number of benzene rings is 3. The summed E-state index contributed by atoms with van der Waals surface area (Å²) < 4.78 is 5.36. The molecule has 0 bridgehead atoms. The maximum Gasteiger partial charge on any atom is 0.338 e. The number of likely N-dealkylation sites (N-methyl/N-ethyl adjacent to an activating group) is 1. The van der Waals surface area contributed by atoms with Crippen LogP contribution in [0.15, 0.2) is 77.8 Å². The van der Waals surface area contributed by atoms with E-state index in [2.05, 4.69) is 4.98 Å². The molecule has 7 nitrogen and oxygen atoms in total. The SMILES string of the molecule is CN(C)CCOC(=O)c1ccc2c(C(=Nc3ccc(C(C)(C)N)cc3)c3ccccc3)c(O)[nH]c2c1. The van der Waals surface area contributed by atoms with E-state index in [1.165, 1.54) is 0 Å². The Balaban J connectivity index is 1.75. The lowest BCUT2D eigenvalue weighted by molar-refractivity contribution is 0.0482. The zero-order valence-electron chi connectivity index (χ0n) is 21.1. The molecule has 0 unspecified atom stereocenters. The fourth-order valence-corrected chi connectivity index (χ4v) is 3.91. The topological polar surface area (TPSA) is 104 Å². The highest BCUT2D eigenvalue weighted by molar-refractivity contribution is 6.22. The number of carbonyl (C=O) groups is 1. The van der Waals surface area contributed by atoms with Gasteiger partial charge in [0, 0.05) is 28.6 Å². The van der Waals surface area contributed by atoms with Gasteiger partial charge in [-0.2, -0.15) is 0 Å². The van der Waals surface area contributed by atoms with Gasteiger partial charge in [-0.25, -0.2) is 9.79 Å². The fraction of sp³-hybridized carbons (Fsp3) is 0.241. The van der Waals surface area contributed by atoms with E-state index in [1.54, 1.807) is 12.1 Å². The van der Waals surface area contributed by atoms with Gasteiger partial charge in [-0.05, 0) is 57.8 Å². The van der Waals surface area contributed by atoms with Gasteiger partial charge in [-0.3, -0.25) is 0 Å².